The van der Waals surface area contributed by atoms with E-state index in [-0.39, 0.29) is 0 Å². The van der Waals surface area contributed by atoms with Crippen LogP contribution in [0.25, 0.3) is 10.9 Å². The molecule has 0 radical (unpaired) electrons. The highest BCUT2D eigenvalue weighted by molar-refractivity contribution is 5.85. The molecule has 1 N–H and O–H groups in total. The van der Waals surface area contributed by atoms with Gasteiger partial charge in [-0.15, -0.1) is 0 Å². The number of para-hydroxylation sites is 1. The summed E-state index contributed by atoms with van der Waals surface area (Å²) in [6, 6.07) is 11.6. The van der Waals surface area contributed by atoms with Crippen LogP contribution >= 0.6 is 0 Å². The number of aromatic nitrogens is 1. The zero-order valence-electron chi connectivity index (χ0n) is 13.9. The number of nitrogens with one attached hydrogen (secondary N) is 1. The number of nitrogens with zero attached hydrogens (tertiary/aromatic N) is 2. The van der Waals surface area contributed by atoms with Crippen LogP contribution in [0.5, 0.6) is 0 Å². The lowest BCUT2D eigenvalue weighted by molar-refractivity contribution is 0.0676. The molecule has 4 rings (SSSR count). The Hall–Kier alpha value is -1.79. The van der Waals surface area contributed by atoms with Gasteiger partial charge in [-0.3, -0.25) is 4.90 Å². The second kappa shape index (κ2) is 6.02. The minimum atomic E-state index is 0.493. The van der Waals surface area contributed by atoms with Crippen molar-refractivity contribution in [2.45, 2.75) is 51.0 Å². The van der Waals surface area contributed by atoms with E-state index in [4.69, 9.17) is 5.26 Å². The fourth-order valence-electron chi connectivity index (χ4n) is 4.91. The average Bonchev–Trinajstić information content (AvgIpc) is 2.98. The van der Waals surface area contributed by atoms with Crippen LogP contribution in [-0.2, 0) is 0 Å². The number of aromatic amines is 1. The van der Waals surface area contributed by atoms with Gasteiger partial charge in [-0.2, -0.15) is 5.26 Å². The van der Waals surface area contributed by atoms with Gasteiger partial charge in [-0.1, -0.05) is 31.5 Å². The normalized spacial score (nSPS) is 27.4. The second-order valence-corrected chi connectivity index (χ2v) is 7.14. The molecular weight excluding hydrogens is 282 g/mol. The van der Waals surface area contributed by atoms with E-state index in [1.165, 1.54) is 48.0 Å². The summed E-state index contributed by atoms with van der Waals surface area (Å²) in [4.78, 5) is 6.45. The molecule has 0 saturated carbocycles. The highest BCUT2D eigenvalue weighted by Gasteiger charge is 2.40. The zero-order valence-corrected chi connectivity index (χ0v) is 13.9. The molecule has 3 heteroatoms. The second-order valence-electron chi connectivity index (χ2n) is 7.14. The molecule has 3 heterocycles. The van der Waals surface area contributed by atoms with Crippen molar-refractivity contribution in [1.29, 1.82) is 5.26 Å². The van der Waals surface area contributed by atoms with E-state index >= 15 is 0 Å². The van der Waals surface area contributed by atoms with Crippen molar-refractivity contribution in [1.82, 2.24) is 9.88 Å². The molecule has 3 atom stereocenters. The van der Waals surface area contributed by atoms with Crippen LogP contribution in [0.15, 0.2) is 24.3 Å². The van der Waals surface area contributed by atoms with Crippen molar-refractivity contribution in [3.8, 4) is 6.07 Å². The Kier molecular flexibility index (Phi) is 3.87. The summed E-state index contributed by atoms with van der Waals surface area (Å²) in [7, 11) is 0. The lowest BCUT2D eigenvalue weighted by Crippen LogP contribution is -2.44. The van der Waals surface area contributed by atoms with Gasteiger partial charge in [-0.25, -0.2) is 0 Å². The first kappa shape index (κ1) is 14.8. The molecule has 1 saturated heterocycles. The molecule has 2 aliphatic heterocycles. The number of benzene rings is 1. The van der Waals surface area contributed by atoms with E-state index in [1.54, 1.807) is 0 Å². The summed E-state index contributed by atoms with van der Waals surface area (Å²) in [6.45, 7) is 4.66. The summed E-state index contributed by atoms with van der Waals surface area (Å²) >= 11 is 0. The van der Waals surface area contributed by atoms with Gasteiger partial charge in [-0.05, 0) is 43.4 Å². The van der Waals surface area contributed by atoms with Crippen LogP contribution in [0.3, 0.4) is 0 Å². The Bertz CT molecular complexity index is 739. The van der Waals surface area contributed by atoms with E-state index in [0.717, 1.165) is 18.9 Å². The van der Waals surface area contributed by atoms with E-state index in [1.807, 2.05) is 0 Å². The van der Waals surface area contributed by atoms with Gasteiger partial charge in [0.15, 0.2) is 0 Å². The van der Waals surface area contributed by atoms with Crippen molar-refractivity contribution in [2.75, 3.05) is 13.1 Å². The van der Waals surface area contributed by atoms with Gasteiger partial charge in [0, 0.05) is 35.5 Å². The van der Waals surface area contributed by atoms with Crippen LogP contribution in [0.2, 0.25) is 0 Å². The zero-order chi connectivity index (χ0) is 15.8. The maximum atomic E-state index is 9.05. The molecule has 0 spiro atoms. The molecule has 0 aliphatic carbocycles. The summed E-state index contributed by atoms with van der Waals surface area (Å²) in [5, 5.41) is 10.4. The van der Waals surface area contributed by atoms with Crippen LogP contribution in [0.1, 0.15) is 62.2 Å². The third-order valence-corrected chi connectivity index (χ3v) is 5.92. The number of fused-ring (bicyclic) bond motifs is 5. The molecule has 0 bridgehead atoms. The molecule has 1 fully saturated rings. The van der Waals surface area contributed by atoms with Gasteiger partial charge in [0.1, 0.15) is 0 Å². The van der Waals surface area contributed by atoms with E-state index in [0.29, 0.717) is 18.4 Å². The van der Waals surface area contributed by atoms with E-state index in [9.17, 15) is 0 Å². The van der Waals surface area contributed by atoms with Gasteiger partial charge in [0.25, 0.3) is 0 Å². The summed E-state index contributed by atoms with van der Waals surface area (Å²) in [5.74, 6) is 1.25. The number of hydrogen-bond donors (Lipinski definition) is 1. The number of hydrogen-bond acceptors (Lipinski definition) is 2. The van der Waals surface area contributed by atoms with Gasteiger partial charge >= 0.3 is 0 Å². The van der Waals surface area contributed by atoms with Crippen LogP contribution in [0.4, 0.5) is 0 Å². The third-order valence-electron chi connectivity index (χ3n) is 5.92. The number of H-pyrrole nitrogens is 1. The SMILES string of the molecule is CCC1CCCN2CC(CCC#N)c3c([nH]c4ccccc34)C12. The first-order valence-corrected chi connectivity index (χ1v) is 9.05. The predicted octanol–water partition coefficient (Wildman–Crippen LogP) is 4.73. The Morgan fingerprint density at radius 3 is 3.04 bits per heavy atom. The number of piperidine rings is 1. The molecule has 3 nitrogen and oxygen atoms in total. The van der Waals surface area contributed by atoms with Crippen LogP contribution < -0.4 is 0 Å². The summed E-state index contributed by atoms with van der Waals surface area (Å²) < 4.78 is 0. The minimum Gasteiger partial charge on any atom is -0.357 e. The molecule has 2 aromatic rings. The third kappa shape index (κ3) is 2.37. The Labute approximate surface area is 138 Å². The molecule has 1 aromatic heterocycles. The first-order chi connectivity index (χ1) is 11.3. The maximum absolute atomic E-state index is 9.05. The Morgan fingerprint density at radius 2 is 2.22 bits per heavy atom. The Balaban J connectivity index is 1.85. The fourth-order valence-corrected chi connectivity index (χ4v) is 4.91. The molecule has 0 amide bonds. The molecule has 23 heavy (non-hydrogen) atoms. The molecular formula is C20H25N3. The average molecular weight is 307 g/mol. The minimum absolute atomic E-state index is 0.493. The highest BCUT2D eigenvalue weighted by Crippen LogP contribution is 2.48. The standard InChI is InChI=1S/C20H25N3/c1-2-14-8-6-12-23-13-15(7-5-11-21)18-16-9-3-4-10-17(16)22-19(18)20(14)23/h3-4,9-10,14-15,20,22H,2,5-8,12-13H2,1H3. The molecule has 120 valence electrons. The molecule has 2 aliphatic rings. The van der Waals surface area contributed by atoms with Crippen molar-refractivity contribution < 1.29 is 0 Å². The van der Waals surface area contributed by atoms with Crippen LogP contribution in [-0.4, -0.2) is 23.0 Å². The molecule has 3 unspecified atom stereocenters. The number of nitriles is 1. The smallest absolute Gasteiger partial charge is 0.0621 e. The fraction of sp³-hybridized carbons (Fsp3) is 0.550. The van der Waals surface area contributed by atoms with Crippen molar-refractivity contribution in [3.63, 3.8) is 0 Å². The van der Waals surface area contributed by atoms with Crippen molar-refractivity contribution in [3.05, 3.63) is 35.5 Å². The highest BCUT2D eigenvalue weighted by atomic mass is 15.2. The van der Waals surface area contributed by atoms with Gasteiger partial charge < -0.3 is 4.98 Å². The summed E-state index contributed by atoms with van der Waals surface area (Å²) in [5.41, 5.74) is 4.23. The van der Waals surface area contributed by atoms with Crippen molar-refractivity contribution >= 4 is 10.9 Å². The lowest BCUT2D eigenvalue weighted by atomic mass is 9.77. The lowest BCUT2D eigenvalue weighted by Gasteiger charge is -2.46. The summed E-state index contributed by atoms with van der Waals surface area (Å²) in [6.07, 6.45) is 5.54. The Morgan fingerprint density at radius 1 is 1.35 bits per heavy atom. The van der Waals surface area contributed by atoms with E-state index in [2.05, 4.69) is 47.1 Å². The number of rotatable bonds is 3. The predicted molar refractivity (Wildman–Crippen MR) is 93.2 cm³/mol. The van der Waals surface area contributed by atoms with E-state index < -0.39 is 0 Å². The maximum Gasteiger partial charge on any atom is 0.0621 e. The monoisotopic (exact) mass is 307 g/mol. The van der Waals surface area contributed by atoms with Gasteiger partial charge in [0.2, 0.25) is 0 Å². The van der Waals surface area contributed by atoms with Crippen molar-refractivity contribution in [2.24, 2.45) is 5.92 Å². The first-order valence-electron chi connectivity index (χ1n) is 9.05. The van der Waals surface area contributed by atoms with Gasteiger partial charge in [0.05, 0.1) is 12.1 Å². The van der Waals surface area contributed by atoms with Crippen LogP contribution in [0, 0.1) is 17.2 Å². The topological polar surface area (TPSA) is 42.8 Å². The quantitative estimate of drug-likeness (QED) is 0.890. The molecule has 1 aromatic carbocycles. The largest absolute Gasteiger partial charge is 0.357 e.